The lowest BCUT2D eigenvalue weighted by molar-refractivity contribution is 0.346. The summed E-state index contributed by atoms with van der Waals surface area (Å²) in [6.45, 7) is 2.13. The highest BCUT2D eigenvalue weighted by Gasteiger charge is 2.35. The summed E-state index contributed by atoms with van der Waals surface area (Å²) in [6.07, 6.45) is 12.1. The van der Waals surface area contributed by atoms with Gasteiger partial charge >= 0.3 is 0 Å². The average molecular weight is 813 g/mol. The van der Waals surface area contributed by atoms with Gasteiger partial charge in [0, 0.05) is 34.3 Å². The van der Waals surface area contributed by atoms with Gasteiger partial charge in [0.2, 0.25) is 0 Å². The van der Waals surface area contributed by atoms with Crippen molar-refractivity contribution in [3.63, 3.8) is 0 Å². The van der Waals surface area contributed by atoms with E-state index in [1.165, 1.54) is 36.0 Å². The van der Waals surface area contributed by atoms with Gasteiger partial charge < -0.3 is 0 Å². The number of rotatable bonds is 10. The van der Waals surface area contributed by atoms with Crippen molar-refractivity contribution in [2.45, 2.75) is 44.4 Å². The van der Waals surface area contributed by atoms with Crippen molar-refractivity contribution < 1.29 is 0 Å². The standard InChI is InChI=1S/C59H48N4/c1-42(43-16-6-2-7-17-43)38-57(62-51-20-10-4-11-21-51)55-34-28-47(40-60-55)44-24-30-49(31-25-44)59(36-14-5-15-37-59)50-32-26-45(27-33-50)48-29-35-56(61-41-48)58-39-53(46-18-8-3-9-19-46)52-22-12-13-23-54(52)63-58/h2-4,6-13,16-35,38-41H,5,14-15,36-37H2,1H3/b42-38+,62-57?. The molecule has 0 bridgehead atoms. The van der Waals surface area contributed by atoms with Gasteiger partial charge in [0.25, 0.3) is 0 Å². The van der Waals surface area contributed by atoms with E-state index in [-0.39, 0.29) is 5.41 Å². The molecule has 1 saturated carbocycles. The predicted molar refractivity (Wildman–Crippen MR) is 262 cm³/mol. The molecule has 4 nitrogen and oxygen atoms in total. The minimum absolute atomic E-state index is 0.0243. The fraction of sp³-hybridized carbons (Fsp3) is 0.119. The molecule has 4 heteroatoms. The molecule has 0 aliphatic heterocycles. The maximum Gasteiger partial charge on any atom is 0.0900 e. The van der Waals surface area contributed by atoms with Gasteiger partial charge in [0.1, 0.15) is 0 Å². The van der Waals surface area contributed by atoms with Gasteiger partial charge in [-0.2, -0.15) is 0 Å². The average Bonchev–Trinajstić information content (AvgIpc) is 3.37. The number of pyridine rings is 3. The third-order valence-corrected chi connectivity index (χ3v) is 12.7. The van der Waals surface area contributed by atoms with Crippen LogP contribution in [0.15, 0.2) is 218 Å². The summed E-state index contributed by atoms with van der Waals surface area (Å²) in [5, 5.41) is 1.14. The maximum absolute atomic E-state index is 5.03. The zero-order valence-electron chi connectivity index (χ0n) is 35.5. The van der Waals surface area contributed by atoms with E-state index in [1.54, 1.807) is 0 Å². The van der Waals surface area contributed by atoms with Crippen molar-refractivity contribution in [2.24, 2.45) is 4.99 Å². The first-order valence-corrected chi connectivity index (χ1v) is 22.1. The van der Waals surface area contributed by atoms with Gasteiger partial charge in [-0.15, -0.1) is 0 Å². The maximum atomic E-state index is 5.03. The molecule has 1 fully saturated rings. The van der Waals surface area contributed by atoms with Crippen molar-refractivity contribution in [2.75, 3.05) is 0 Å². The number of aromatic nitrogens is 3. The molecular weight excluding hydrogens is 765 g/mol. The largest absolute Gasteiger partial charge is 0.254 e. The molecule has 0 unspecified atom stereocenters. The van der Waals surface area contributed by atoms with Crippen LogP contribution in [0.5, 0.6) is 0 Å². The van der Waals surface area contributed by atoms with Gasteiger partial charge in [-0.25, -0.2) is 9.98 Å². The number of benzene rings is 6. The summed E-state index contributed by atoms with van der Waals surface area (Å²) < 4.78 is 0. The SMILES string of the molecule is C/C(=C\C(=Nc1ccccc1)c1ccc(-c2ccc(C3(c4ccc(-c5ccc(-c6cc(-c7ccccc7)c7ccccc7n6)nc5)cc4)CCCCC3)cc2)cn1)c1ccccc1. The smallest absolute Gasteiger partial charge is 0.0900 e. The van der Waals surface area contributed by atoms with E-state index >= 15 is 0 Å². The topological polar surface area (TPSA) is 51.0 Å². The van der Waals surface area contributed by atoms with Crippen LogP contribution in [0.2, 0.25) is 0 Å². The van der Waals surface area contributed by atoms with Crippen LogP contribution in [0.4, 0.5) is 5.69 Å². The second-order valence-corrected chi connectivity index (χ2v) is 16.6. The van der Waals surface area contributed by atoms with Crippen LogP contribution in [-0.2, 0) is 5.41 Å². The number of allylic oxidation sites excluding steroid dienone is 2. The van der Waals surface area contributed by atoms with E-state index in [1.807, 2.05) is 54.9 Å². The Labute approximate surface area is 370 Å². The van der Waals surface area contributed by atoms with Gasteiger partial charge in [-0.1, -0.05) is 177 Å². The predicted octanol–water partition coefficient (Wildman–Crippen LogP) is 15.2. The molecule has 3 aromatic heterocycles. The molecule has 0 spiro atoms. The number of aliphatic imine (C=N–C) groups is 1. The molecule has 6 aromatic carbocycles. The highest BCUT2D eigenvalue weighted by Crippen LogP contribution is 2.46. The molecule has 0 radical (unpaired) electrons. The molecule has 0 saturated heterocycles. The molecule has 0 amide bonds. The van der Waals surface area contributed by atoms with Crippen LogP contribution in [0.1, 0.15) is 61.4 Å². The number of nitrogens with zero attached hydrogens (tertiary/aromatic N) is 4. The van der Waals surface area contributed by atoms with Crippen molar-refractivity contribution in [3.05, 3.63) is 235 Å². The highest BCUT2D eigenvalue weighted by atomic mass is 14.8. The van der Waals surface area contributed by atoms with E-state index in [0.29, 0.717) is 0 Å². The first kappa shape index (κ1) is 39.6. The van der Waals surface area contributed by atoms with Crippen LogP contribution >= 0.6 is 0 Å². The summed E-state index contributed by atoms with van der Waals surface area (Å²) in [5.74, 6) is 0. The lowest BCUT2D eigenvalue weighted by Crippen LogP contribution is -2.30. The lowest BCUT2D eigenvalue weighted by Gasteiger charge is -2.39. The molecule has 9 aromatic rings. The number of fused-ring (bicyclic) bond motifs is 1. The molecule has 10 rings (SSSR count). The van der Waals surface area contributed by atoms with Crippen LogP contribution < -0.4 is 0 Å². The highest BCUT2D eigenvalue weighted by molar-refractivity contribution is 6.12. The van der Waals surface area contributed by atoms with Crippen molar-refractivity contribution in [3.8, 4) is 44.8 Å². The van der Waals surface area contributed by atoms with Crippen LogP contribution in [0.3, 0.4) is 0 Å². The summed E-state index contributed by atoms with van der Waals surface area (Å²) in [7, 11) is 0. The number of hydrogen-bond donors (Lipinski definition) is 0. The Bertz CT molecular complexity index is 3020. The Morgan fingerprint density at radius 3 is 1.70 bits per heavy atom. The normalized spacial score (nSPS) is 14.1. The zero-order valence-corrected chi connectivity index (χ0v) is 35.5. The zero-order chi connectivity index (χ0) is 42.4. The Balaban J connectivity index is 0.893. The van der Waals surface area contributed by atoms with E-state index < -0.39 is 0 Å². The van der Waals surface area contributed by atoms with E-state index in [0.717, 1.165) is 91.2 Å². The molecule has 3 heterocycles. The Hall–Kier alpha value is -7.56. The third-order valence-electron chi connectivity index (χ3n) is 12.7. The monoisotopic (exact) mass is 812 g/mol. The molecule has 304 valence electrons. The van der Waals surface area contributed by atoms with Crippen molar-refractivity contribution in [1.29, 1.82) is 0 Å². The molecule has 0 atom stereocenters. The van der Waals surface area contributed by atoms with Crippen LogP contribution in [-0.4, -0.2) is 20.7 Å². The molecule has 63 heavy (non-hydrogen) atoms. The minimum atomic E-state index is -0.0243. The van der Waals surface area contributed by atoms with Gasteiger partial charge in [0.15, 0.2) is 0 Å². The summed E-state index contributed by atoms with van der Waals surface area (Å²) in [5.41, 5.74) is 17.1. The second kappa shape index (κ2) is 17.8. The van der Waals surface area contributed by atoms with Crippen molar-refractivity contribution >= 4 is 27.9 Å². The second-order valence-electron chi connectivity index (χ2n) is 16.6. The molecular formula is C59H48N4. The van der Waals surface area contributed by atoms with E-state index in [4.69, 9.17) is 19.9 Å². The molecule has 1 aliphatic carbocycles. The number of para-hydroxylation sites is 2. The first-order valence-electron chi connectivity index (χ1n) is 22.1. The first-order chi connectivity index (χ1) is 31.1. The third kappa shape index (κ3) is 8.41. The Morgan fingerprint density at radius 1 is 0.508 bits per heavy atom. The number of hydrogen-bond acceptors (Lipinski definition) is 4. The Kier molecular flexibility index (Phi) is 11.2. The fourth-order valence-electron chi connectivity index (χ4n) is 9.25. The van der Waals surface area contributed by atoms with Gasteiger partial charge in [-0.05, 0) is 107 Å². The van der Waals surface area contributed by atoms with Crippen LogP contribution in [0.25, 0.3) is 61.2 Å². The summed E-state index contributed by atoms with van der Waals surface area (Å²) in [6, 6.07) is 68.6. The van der Waals surface area contributed by atoms with Crippen LogP contribution in [0, 0.1) is 0 Å². The Morgan fingerprint density at radius 2 is 1.08 bits per heavy atom. The van der Waals surface area contributed by atoms with E-state index in [2.05, 4.69) is 165 Å². The van der Waals surface area contributed by atoms with E-state index in [9.17, 15) is 0 Å². The molecule has 1 aliphatic rings. The quantitative estimate of drug-likeness (QED) is 0.129. The van der Waals surface area contributed by atoms with Gasteiger partial charge in [-0.3, -0.25) is 9.97 Å². The fourth-order valence-corrected chi connectivity index (χ4v) is 9.25. The summed E-state index contributed by atoms with van der Waals surface area (Å²) in [4.78, 5) is 20.0. The molecule has 0 N–H and O–H groups in total. The minimum Gasteiger partial charge on any atom is -0.254 e. The van der Waals surface area contributed by atoms with Crippen molar-refractivity contribution in [1.82, 2.24) is 15.0 Å². The van der Waals surface area contributed by atoms with Gasteiger partial charge in [0.05, 0.1) is 34.0 Å². The lowest BCUT2D eigenvalue weighted by atomic mass is 9.65. The summed E-state index contributed by atoms with van der Waals surface area (Å²) >= 11 is 0.